The fourth-order valence-electron chi connectivity index (χ4n) is 1.93. The maximum Gasteiger partial charge on any atom is 0.191 e. The molecule has 132 valence electrons. The number of aromatic nitrogens is 1. The zero-order chi connectivity index (χ0) is 16.7. The van der Waals surface area contributed by atoms with Crippen LogP contribution in [-0.4, -0.2) is 17.5 Å². The van der Waals surface area contributed by atoms with Crippen molar-refractivity contribution < 1.29 is 4.39 Å². The topological polar surface area (TPSA) is 49.3 Å². The van der Waals surface area contributed by atoms with Crippen molar-refractivity contribution in [3.8, 4) is 0 Å². The minimum Gasteiger partial charge on any atom is -0.357 e. The van der Waals surface area contributed by atoms with Crippen LogP contribution in [0.15, 0.2) is 34.6 Å². The van der Waals surface area contributed by atoms with Gasteiger partial charge in [-0.15, -0.1) is 35.3 Å². The molecule has 0 saturated carbocycles. The molecule has 0 aliphatic heterocycles. The van der Waals surface area contributed by atoms with Crippen LogP contribution in [-0.2, 0) is 13.1 Å². The molecule has 0 aliphatic carbocycles. The van der Waals surface area contributed by atoms with Gasteiger partial charge in [0, 0.05) is 11.9 Å². The van der Waals surface area contributed by atoms with E-state index in [0.29, 0.717) is 19.0 Å². The highest BCUT2D eigenvalue weighted by Crippen LogP contribution is 2.17. The van der Waals surface area contributed by atoms with Gasteiger partial charge in [0.2, 0.25) is 0 Å². The van der Waals surface area contributed by atoms with Gasteiger partial charge >= 0.3 is 0 Å². The summed E-state index contributed by atoms with van der Waals surface area (Å²) in [5.74, 6) is 0.950. The van der Waals surface area contributed by atoms with Crippen molar-refractivity contribution in [3.05, 3.63) is 51.7 Å². The van der Waals surface area contributed by atoms with Gasteiger partial charge in [0.15, 0.2) is 5.96 Å². The third-order valence-corrected chi connectivity index (χ3v) is 4.11. The van der Waals surface area contributed by atoms with Crippen molar-refractivity contribution in [2.75, 3.05) is 6.54 Å². The number of halogens is 2. The third-order valence-electron chi connectivity index (χ3n) is 3.25. The summed E-state index contributed by atoms with van der Waals surface area (Å²) in [5.41, 5.74) is 2.10. The van der Waals surface area contributed by atoms with E-state index in [1.165, 1.54) is 12.1 Å². The highest BCUT2D eigenvalue weighted by molar-refractivity contribution is 14.0. The predicted octanol–water partition coefficient (Wildman–Crippen LogP) is 4.28. The lowest BCUT2D eigenvalue weighted by molar-refractivity contribution is 0.627. The number of nitrogens with one attached hydrogen (secondary N) is 2. The summed E-state index contributed by atoms with van der Waals surface area (Å²) in [6.07, 6.45) is 0. The van der Waals surface area contributed by atoms with E-state index in [-0.39, 0.29) is 29.8 Å². The first kappa shape index (κ1) is 20.8. The number of thiazole rings is 1. The summed E-state index contributed by atoms with van der Waals surface area (Å²) in [7, 11) is 0. The van der Waals surface area contributed by atoms with Crippen LogP contribution in [0.25, 0.3) is 0 Å². The van der Waals surface area contributed by atoms with Crippen LogP contribution in [0.4, 0.5) is 4.39 Å². The van der Waals surface area contributed by atoms with E-state index in [9.17, 15) is 4.39 Å². The van der Waals surface area contributed by atoms with Crippen molar-refractivity contribution in [1.82, 2.24) is 15.6 Å². The van der Waals surface area contributed by atoms with Gasteiger partial charge in [-0.3, -0.25) is 0 Å². The van der Waals surface area contributed by atoms with Gasteiger partial charge in [-0.1, -0.05) is 26.0 Å². The Morgan fingerprint density at radius 1 is 1.25 bits per heavy atom. The summed E-state index contributed by atoms with van der Waals surface area (Å²) in [4.78, 5) is 9.12. The molecule has 0 aliphatic rings. The van der Waals surface area contributed by atoms with Crippen LogP contribution in [0, 0.1) is 5.82 Å². The average molecular weight is 462 g/mol. The Kier molecular flexibility index (Phi) is 9.20. The SMILES string of the molecule is CCNC(=NCc1ccc(F)cc1)NCc1nc(C(C)C)cs1.I. The molecule has 2 N–H and O–H groups in total. The molecule has 1 aromatic carbocycles. The minimum atomic E-state index is -0.229. The third kappa shape index (κ3) is 6.72. The molecule has 0 radical (unpaired) electrons. The quantitative estimate of drug-likeness (QED) is 0.383. The fraction of sp³-hybridized carbons (Fsp3) is 0.412. The molecule has 0 fully saturated rings. The van der Waals surface area contributed by atoms with Crippen LogP contribution in [0.5, 0.6) is 0 Å². The number of nitrogens with zero attached hydrogens (tertiary/aromatic N) is 2. The second-order valence-electron chi connectivity index (χ2n) is 5.50. The van der Waals surface area contributed by atoms with Gasteiger partial charge in [0.1, 0.15) is 10.8 Å². The molecule has 24 heavy (non-hydrogen) atoms. The number of rotatable bonds is 6. The maximum absolute atomic E-state index is 12.9. The Morgan fingerprint density at radius 3 is 2.54 bits per heavy atom. The van der Waals surface area contributed by atoms with Crippen molar-refractivity contribution in [2.24, 2.45) is 4.99 Å². The van der Waals surface area contributed by atoms with E-state index >= 15 is 0 Å². The van der Waals surface area contributed by atoms with Crippen LogP contribution in [0.1, 0.15) is 43.0 Å². The first-order chi connectivity index (χ1) is 11.1. The molecule has 4 nitrogen and oxygen atoms in total. The number of guanidine groups is 1. The Hall–Kier alpha value is -1.22. The van der Waals surface area contributed by atoms with Gasteiger partial charge in [0.05, 0.1) is 18.8 Å². The summed E-state index contributed by atoms with van der Waals surface area (Å²) < 4.78 is 12.9. The Morgan fingerprint density at radius 2 is 1.96 bits per heavy atom. The molecule has 0 amide bonds. The second-order valence-corrected chi connectivity index (χ2v) is 6.44. The van der Waals surface area contributed by atoms with Gasteiger partial charge < -0.3 is 10.6 Å². The molecule has 2 rings (SSSR count). The Balaban J connectivity index is 0.00000288. The lowest BCUT2D eigenvalue weighted by Crippen LogP contribution is -2.36. The van der Waals surface area contributed by atoms with E-state index in [1.54, 1.807) is 23.5 Å². The second kappa shape index (κ2) is 10.6. The predicted molar refractivity (Wildman–Crippen MR) is 110 cm³/mol. The monoisotopic (exact) mass is 462 g/mol. The first-order valence-electron chi connectivity index (χ1n) is 7.79. The Bertz CT molecular complexity index is 640. The van der Waals surface area contributed by atoms with Gasteiger partial charge in [-0.2, -0.15) is 0 Å². The highest BCUT2D eigenvalue weighted by atomic mass is 127. The molecule has 0 bridgehead atoms. The van der Waals surface area contributed by atoms with Crippen LogP contribution >= 0.6 is 35.3 Å². The Labute approximate surface area is 164 Å². The number of hydrogen-bond donors (Lipinski definition) is 2. The summed E-state index contributed by atoms with van der Waals surface area (Å²) in [6.45, 7) is 8.23. The molecule has 1 aromatic heterocycles. The highest BCUT2D eigenvalue weighted by Gasteiger charge is 2.06. The molecule has 0 saturated heterocycles. The zero-order valence-corrected chi connectivity index (χ0v) is 17.3. The minimum absolute atomic E-state index is 0. The summed E-state index contributed by atoms with van der Waals surface area (Å²) >= 11 is 1.66. The van der Waals surface area contributed by atoms with Crippen molar-refractivity contribution in [2.45, 2.75) is 39.8 Å². The standard InChI is InChI=1S/C17H23FN4S.HI/c1-4-19-17(20-9-13-5-7-14(18)8-6-13)21-10-16-22-15(11-23-16)12(2)3;/h5-8,11-12H,4,9-10H2,1-3H3,(H2,19,20,21);1H. The van der Waals surface area contributed by atoms with Crippen molar-refractivity contribution in [3.63, 3.8) is 0 Å². The molecule has 0 atom stereocenters. The number of hydrogen-bond acceptors (Lipinski definition) is 3. The molecule has 0 spiro atoms. The van der Waals surface area contributed by atoms with E-state index < -0.39 is 0 Å². The molecular formula is C17H24FIN4S. The van der Waals surface area contributed by atoms with E-state index in [4.69, 9.17) is 0 Å². The fourth-order valence-corrected chi connectivity index (χ4v) is 2.83. The summed E-state index contributed by atoms with van der Waals surface area (Å²) in [5, 5.41) is 9.63. The van der Waals surface area contributed by atoms with Crippen molar-refractivity contribution in [1.29, 1.82) is 0 Å². The molecule has 0 unspecified atom stereocenters. The normalized spacial score (nSPS) is 11.3. The molecular weight excluding hydrogens is 438 g/mol. The number of aliphatic imine (C=N–C) groups is 1. The van der Waals surface area contributed by atoms with Crippen LogP contribution in [0.2, 0.25) is 0 Å². The summed E-state index contributed by atoms with van der Waals surface area (Å²) in [6, 6.07) is 6.40. The molecule has 1 heterocycles. The van der Waals surface area contributed by atoms with Gasteiger partial charge in [0.25, 0.3) is 0 Å². The van der Waals surface area contributed by atoms with E-state index in [1.807, 2.05) is 6.92 Å². The van der Waals surface area contributed by atoms with Crippen LogP contribution in [0.3, 0.4) is 0 Å². The lowest BCUT2D eigenvalue weighted by atomic mass is 10.2. The zero-order valence-electron chi connectivity index (χ0n) is 14.2. The largest absolute Gasteiger partial charge is 0.357 e. The smallest absolute Gasteiger partial charge is 0.191 e. The first-order valence-corrected chi connectivity index (χ1v) is 8.67. The molecule has 7 heteroatoms. The average Bonchev–Trinajstić information content (AvgIpc) is 3.01. The van der Waals surface area contributed by atoms with Crippen LogP contribution < -0.4 is 10.6 Å². The lowest BCUT2D eigenvalue weighted by Gasteiger charge is -2.10. The number of benzene rings is 1. The van der Waals surface area contributed by atoms with E-state index in [2.05, 4.69) is 39.8 Å². The van der Waals surface area contributed by atoms with Crippen molar-refractivity contribution >= 4 is 41.3 Å². The maximum atomic E-state index is 12.9. The van der Waals surface area contributed by atoms with E-state index in [0.717, 1.165) is 28.8 Å². The van der Waals surface area contributed by atoms with Gasteiger partial charge in [-0.25, -0.2) is 14.4 Å². The molecule has 2 aromatic rings. The van der Waals surface area contributed by atoms with Gasteiger partial charge in [-0.05, 0) is 30.5 Å².